The Bertz CT molecular complexity index is 2140. The van der Waals surface area contributed by atoms with Crippen LogP contribution in [0.15, 0.2) is 54.6 Å². The molecule has 2 aromatic carbocycles. The van der Waals surface area contributed by atoms with Crippen molar-refractivity contribution in [1.82, 2.24) is 25.2 Å². The van der Waals surface area contributed by atoms with Crippen molar-refractivity contribution in [2.45, 2.75) is 94.9 Å². The van der Waals surface area contributed by atoms with Crippen LogP contribution >= 0.6 is 0 Å². The summed E-state index contributed by atoms with van der Waals surface area (Å²) in [4.78, 5) is 61.3. The number of alkyl halides is 2. The van der Waals surface area contributed by atoms with Gasteiger partial charge in [0.15, 0.2) is 0 Å². The average Bonchev–Trinajstić information content (AvgIpc) is 4.05. The summed E-state index contributed by atoms with van der Waals surface area (Å²) in [6.07, 6.45) is -5.47. The summed E-state index contributed by atoms with van der Waals surface area (Å²) in [7, 11) is -4.14. The maximum absolute atomic E-state index is 14.5. The molecule has 0 radical (unpaired) electrons. The van der Waals surface area contributed by atoms with Crippen LogP contribution < -0.4 is 24.8 Å². The monoisotopic (exact) mass is 783 g/mol. The fourth-order valence-electron chi connectivity index (χ4n) is 7.14. The number of cyclic esters (lactones) is 1. The SMILES string of the molecule is C[C@H]1COC(=O)N[C@H](C(C)(C)C)C(=O)N2CC(C[C@H]2C(=O)NC2(C(=O)NS(=O)(=O)C3CC3)C[C@H]2C(F)F)Oc2nc3ccccc3cc2-c2cccc(c2)O1. The highest BCUT2D eigenvalue weighted by Gasteiger charge is 2.67. The summed E-state index contributed by atoms with van der Waals surface area (Å²) < 4.78 is 73.6. The molecule has 2 saturated carbocycles. The highest BCUT2D eigenvalue weighted by Crippen LogP contribution is 2.48. The lowest BCUT2D eigenvalue weighted by Gasteiger charge is -2.35. The number of hydrogen-bond acceptors (Lipinski definition) is 10. The summed E-state index contributed by atoms with van der Waals surface area (Å²) in [5.74, 6) is -3.90. The van der Waals surface area contributed by atoms with Gasteiger partial charge in [0.25, 0.3) is 5.91 Å². The van der Waals surface area contributed by atoms with Gasteiger partial charge in [0, 0.05) is 17.4 Å². The van der Waals surface area contributed by atoms with Gasteiger partial charge in [0.05, 0.1) is 23.2 Å². The second kappa shape index (κ2) is 14.2. The molecular formula is C38H43F2N5O9S. The van der Waals surface area contributed by atoms with Crippen LogP contribution in [-0.4, -0.2) is 96.8 Å². The van der Waals surface area contributed by atoms with E-state index in [1.807, 2.05) is 41.1 Å². The Kier molecular flexibility index (Phi) is 9.88. The van der Waals surface area contributed by atoms with E-state index < -0.39 is 93.1 Å². The van der Waals surface area contributed by atoms with Gasteiger partial charge in [-0.15, -0.1) is 0 Å². The van der Waals surface area contributed by atoms with Crippen LogP contribution in [0.4, 0.5) is 13.6 Å². The van der Waals surface area contributed by atoms with Crippen molar-refractivity contribution in [3.05, 3.63) is 54.6 Å². The molecule has 3 aromatic rings. The first-order valence-corrected chi connectivity index (χ1v) is 19.7. The Hall–Kier alpha value is -5.06. The number of nitrogens with one attached hydrogen (secondary N) is 3. The number of pyridine rings is 1. The fraction of sp³-hybridized carbons (Fsp3) is 0.500. The lowest BCUT2D eigenvalue weighted by atomic mass is 9.85. The third-order valence-corrected chi connectivity index (χ3v) is 12.2. The first-order chi connectivity index (χ1) is 25.9. The van der Waals surface area contributed by atoms with Gasteiger partial charge in [0.1, 0.15) is 42.2 Å². The highest BCUT2D eigenvalue weighted by molar-refractivity contribution is 7.91. The molecule has 4 amide bonds. The molecule has 6 atom stereocenters. The predicted octanol–water partition coefficient (Wildman–Crippen LogP) is 3.92. The third kappa shape index (κ3) is 7.89. The van der Waals surface area contributed by atoms with E-state index in [1.165, 1.54) is 4.90 Å². The first kappa shape index (κ1) is 38.2. The van der Waals surface area contributed by atoms with Gasteiger partial charge in [0.2, 0.25) is 34.1 Å². The van der Waals surface area contributed by atoms with Crippen molar-refractivity contribution in [2.24, 2.45) is 11.3 Å². The van der Waals surface area contributed by atoms with E-state index in [9.17, 15) is 36.4 Å². The van der Waals surface area contributed by atoms with Gasteiger partial charge in [-0.3, -0.25) is 19.1 Å². The number of nitrogens with zero attached hydrogens (tertiary/aromatic N) is 2. The minimum atomic E-state index is -4.14. The summed E-state index contributed by atoms with van der Waals surface area (Å²) in [6.45, 7) is 6.47. The zero-order valence-corrected chi connectivity index (χ0v) is 31.5. The molecule has 2 unspecified atom stereocenters. The lowest BCUT2D eigenvalue weighted by Crippen LogP contribution is -2.60. The number of carbonyl (C=O) groups excluding carboxylic acids is 4. The van der Waals surface area contributed by atoms with Crippen molar-refractivity contribution in [3.63, 3.8) is 0 Å². The number of rotatable bonds is 6. The first-order valence-electron chi connectivity index (χ1n) is 18.2. The maximum atomic E-state index is 14.5. The molecule has 2 aliphatic carbocycles. The maximum Gasteiger partial charge on any atom is 0.407 e. The quantitative estimate of drug-likeness (QED) is 0.332. The summed E-state index contributed by atoms with van der Waals surface area (Å²) in [6, 6.07) is 13.8. The van der Waals surface area contributed by atoms with Crippen molar-refractivity contribution in [2.75, 3.05) is 13.2 Å². The van der Waals surface area contributed by atoms with Crippen LogP contribution in [0.5, 0.6) is 11.6 Å². The molecule has 0 spiro atoms. The van der Waals surface area contributed by atoms with E-state index in [-0.39, 0.29) is 25.5 Å². The summed E-state index contributed by atoms with van der Waals surface area (Å²) in [5.41, 5.74) is -1.28. The molecule has 2 aliphatic heterocycles. The second-order valence-electron chi connectivity index (χ2n) is 15.8. The average molecular weight is 784 g/mol. The van der Waals surface area contributed by atoms with E-state index in [0.29, 0.717) is 35.2 Å². The van der Waals surface area contributed by atoms with E-state index in [0.717, 1.165) is 5.39 Å². The number of hydrogen-bond donors (Lipinski definition) is 3. The smallest absolute Gasteiger partial charge is 0.407 e. The topological polar surface area (TPSA) is 182 Å². The Balaban J connectivity index is 1.27. The van der Waals surface area contributed by atoms with Gasteiger partial charge in [-0.2, -0.15) is 0 Å². The number of benzene rings is 2. The Labute approximate surface area is 316 Å². The molecule has 55 heavy (non-hydrogen) atoms. The van der Waals surface area contributed by atoms with Crippen LogP contribution in [0.1, 0.15) is 53.4 Å². The number of carbonyl (C=O) groups is 4. The van der Waals surface area contributed by atoms with E-state index in [1.54, 1.807) is 45.9 Å². The van der Waals surface area contributed by atoms with E-state index in [2.05, 4.69) is 10.6 Å². The normalized spacial score (nSPS) is 27.2. The lowest BCUT2D eigenvalue weighted by molar-refractivity contribution is -0.143. The molecule has 3 fully saturated rings. The molecule has 294 valence electrons. The molecule has 3 heterocycles. The fourth-order valence-corrected chi connectivity index (χ4v) is 8.50. The highest BCUT2D eigenvalue weighted by atomic mass is 32.2. The minimum Gasteiger partial charge on any atom is -0.487 e. The van der Waals surface area contributed by atoms with Crippen LogP contribution in [0.2, 0.25) is 0 Å². The van der Waals surface area contributed by atoms with Crippen LogP contribution in [-0.2, 0) is 29.1 Å². The Morgan fingerprint density at radius 2 is 1.80 bits per heavy atom. The van der Waals surface area contributed by atoms with Gasteiger partial charge in [-0.05, 0) is 61.4 Å². The Morgan fingerprint density at radius 3 is 2.49 bits per heavy atom. The largest absolute Gasteiger partial charge is 0.487 e. The number of alkyl carbamates (subject to hydrolysis) is 1. The molecule has 1 saturated heterocycles. The zero-order chi connectivity index (χ0) is 39.4. The number of para-hydroxylation sites is 1. The minimum absolute atomic E-state index is 0.162. The molecule has 14 nitrogen and oxygen atoms in total. The van der Waals surface area contributed by atoms with Crippen molar-refractivity contribution < 1.29 is 50.6 Å². The predicted molar refractivity (Wildman–Crippen MR) is 195 cm³/mol. The summed E-state index contributed by atoms with van der Waals surface area (Å²) in [5, 5.41) is 5.05. The number of amides is 4. The van der Waals surface area contributed by atoms with Crippen LogP contribution in [0, 0.1) is 11.3 Å². The molecule has 4 bridgehead atoms. The number of sulfonamides is 1. The van der Waals surface area contributed by atoms with Crippen LogP contribution in [0.25, 0.3) is 22.0 Å². The number of fused-ring (bicyclic) bond motifs is 7. The van der Waals surface area contributed by atoms with E-state index in [4.69, 9.17) is 19.2 Å². The Morgan fingerprint density at radius 1 is 1.05 bits per heavy atom. The van der Waals surface area contributed by atoms with Gasteiger partial charge in [-0.25, -0.2) is 27.0 Å². The van der Waals surface area contributed by atoms with Crippen LogP contribution in [0.3, 0.4) is 0 Å². The molecule has 4 aliphatic rings. The van der Waals surface area contributed by atoms with Gasteiger partial charge in [-0.1, -0.05) is 51.1 Å². The van der Waals surface area contributed by atoms with Gasteiger partial charge >= 0.3 is 6.09 Å². The second-order valence-corrected chi connectivity index (χ2v) is 17.8. The van der Waals surface area contributed by atoms with E-state index >= 15 is 0 Å². The third-order valence-electron chi connectivity index (χ3n) is 10.4. The van der Waals surface area contributed by atoms with Crippen molar-refractivity contribution in [3.8, 4) is 22.8 Å². The molecule has 1 aromatic heterocycles. The standard InChI is InChI=1S/C38H43F2N5O9S/c1-20-19-52-36(49)42-30(37(2,3)4)34(47)45-18-24(54-33-26(21-9-7-10-23(14-21)53-20)15-22-8-5-6-11-28(22)41-33)16-29(45)32(46)43-38(17-27(38)31(39)40)35(48)44-55(50,51)25-12-13-25/h5-11,14-15,20,24-25,27,29-31H,12-13,16-19H2,1-4H3,(H,42,49)(H,43,46)(H,44,48)/t20-,24?,27-,29-,30-,38?/m0/s1. The molecule has 7 rings (SSSR count). The number of aromatic nitrogens is 1. The number of halogens is 2. The number of ether oxygens (including phenoxy) is 3. The zero-order valence-electron chi connectivity index (χ0n) is 30.7. The van der Waals surface area contributed by atoms with Crippen molar-refractivity contribution in [1.29, 1.82) is 0 Å². The van der Waals surface area contributed by atoms with Gasteiger partial charge < -0.3 is 29.7 Å². The molecule has 17 heteroatoms. The molecular weight excluding hydrogens is 741 g/mol. The summed E-state index contributed by atoms with van der Waals surface area (Å²) >= 11 is 0. The molecule has 3 N–H and O–H groups in total. The van der Waals surface area contributed by atoms with Crippen molar-refractivity contribution >= 4 is 44.7 Å².